The fraction of sp³-hybridized carbons (Fsp3) is 0.222. The van der Waals surface area contributed by atoms with Gasteiger partial charge >= 0.3 is 0 Å². The van der Waals surface area contributed by atoms with E-state index in [4.69, 9.17) is 0 Å². The van der Waals surface area contributed by atoms with Crippen LogP contribution in [0.25, 0.3) is 5.69 Å². The summed E-state index contributed by atoms with van der Waals surface area (Å²) >= 11 is 1.76. The summed E-state index contributed by atoms with van der Waals surface area (Å²) in [6, 6.07) is 8.18. The molecule has 0 unspecified atom stereocenters. The second-order valence-electron chi connectivity index (χ2n) is 5.88. The van der Waals surface area contributed by atoms with Crippen LogP contribution in [-0.4, -0.2) is 27.1 Å². The molecule has 1 aliphatic heterocycles. The Balaban J connectivity index is 1.61. The number of nitrogens with zero attached hydrogens (tertiary/aromatic N) is 3. The molecule has 0 N–H and O–H groups in total. The molecule has 0 saturated carbocycles. The Hall–Kier alpha value is -2.47. The van der Waals surface area contributed by atoms with Gasteiger partial charge in [0.05, 0.1) is 23.1 Å². The third kappa shape index (κ3) is 2.53. The van der Waals surface area contributed by atoms with Gasteiger partial charge in [-0.05, 0) is 54.6 Å². The Morgan fingerprint density at radius 1 is 1.25 bits per heavy atom. The van der Waals surface area contributed by atoms with Crippen molar-refractivity contribution in [3.05, 3.63) is 69.4 Å². The lowest BCUT2D eigenvalue weighted by atomic mass is 10.1. The number of halogens is 1. The summed E-state index contributed by atoms with van der Waals surface area (Å²) in [5.74, 6) is -0.294. The molecule has 2 aromatic heterocycles. The molecule has 6 heteroatoms. The van der Waals surface area contributed by atoms with Gasteiger partial charge in [0, 0.05) is 18.0 Å². The molecule has 0 saturated heterocycles. The zero-order chi connectivity index (χ0) is 16.7. The minimum Gasteiger partial charge on any atom is -0.334 e. The predicted octanol–water partition coefficient (Wildman–Crippen LogP) is 3.58. The molecule has 0 radical (unpaired) electrons. The standard InChI is InChI=1S/C18H16FN3OS/c1-12-16(10-20-22(12)15-4-2-14(19)3-5-15)18(23)21-8-6-17-13(11-21)7-9-24-17/h2-5,7,9-10H,6,8,11H2,1H3. The maximum atomic E-state index is 13.1. The zero-order valence-corrected chi connectivity index (χ0v) is 14.0. The van der Waals surface area contributed by atoms with Crippen LogP contribution in [0.15, 0.2) is 41.9 Å². The monoisotopic (exact) mass is 341 g/mol. The van der Waals surface area contributed by atoms with E-state index in [9.17, 15) is 9.18 Å². The van der Waals surface area contributed by atoms with E-state index in [0.29, 0.717) is 12.1 Å². The Bertz CT molecular complexity index is 897. The average Bonchev–Trinajstić information content (AvgIpc) is 3.21. The summed E-state index contributed by atoms with van der Waals surface area (Å²) in [7, 11) is 0. The number of amides is 1. The first kappa shape index (κ1) is 15.1. The predicted molar refractivity (Wildman–Crippen MR) is 91.0 cm³/mol. The van der Waals surface area contributed by atoms with Gasteiger partial charge in [-0.25, -0.2) is 9.07 Å². The minimum absolute atomic E-state index is 0.00212. The van der Waals surface area contributed by atoms with Crippen LogP contribution in [0.5, 0.6) is 0 Å². The highest BCUT2D eigenvalue weighted by molar-refractivity contribution is 7.10. The molecule has 1 aromatic carbocycles. The number of carbonyl (C=O) groups excluding carboxylic acids is 1. The first-order valence-corrected chi connectivity index (χ1v) is 8.66. The van der Waals surface area contributed by atoms with Gasteiger partial charge in [-0.1, -0.05) is 0 Å². The Morgan fingerprint density at radius 3 is 2.83 bits per heavy atom. The number of carbonyl (C=O) groups is 1. The van der Waals surface area contributed by atoms with Crippen molar-refractivity contribution in [2.24, 2.45) is 0 Å². The number of benzene rings is 1. The molecular weight excluding hydrogens is 325 g/mol. The van der Waals surface area contributed by atoms with E-state index in [1.807, 2.05) is 11.8 Å². The first-order valence-electron chi connectivity index (χ1n) is 7.78. The number of rotatable bonds is 2. The molecule has 1 aliphatic rings. The van der Waals surface area contributed by atoms with Gasteiger partial charge in [0.15, 0.2) is 0 Å². The van der Waals surface area contributed by atoms with Crippen molar-refractivity contribution in [3.8, 4) is 5.69 Å². The molecule has 0 bridgehead atoms. The highest BCUT2D eigenvalue weighted by Gasteiger charge is 2.25. The summed E-state index contributed by atoms with van der Waals surface area (Å²) in [5.41, 5.74) is 3.34. The quantitative estimate of drug-likeness (QED) is 0.714. The third-order valence-corrected chi connectivity index (χ3v) is 5.43. The van der Waals surface area contributed by atoms with Gasteiger partial charge in [0.2, 0.25) is 0 Å². The summed E-state index contributed by atoms with van der Waals surface area (Å²) in [6.07, 6.45) is 2.51. The molecule has 4 nitrogen and oxygen atoms in total. The number of thiophene rings is 1. The van der Waals surface area contributed by atoms with Gasteiger partial charge in [-0.2, -0.15) is 5.10 Å². The van der Waals surface area contributed by atoms with Crippen molar-refractivity contribution in [3.63, 3.8) is 0 Å². The van der Waals surface area contributed by atoms with Crippen molar-refractivity contribution >= 4 is 17.2 Å². The second kappa shape index (κ2) is 5.87. The van der Waals surface area contributed by atoms with Gasteiger partial charge in [-0.15, -0.1) is 11.3 Å². The Kier molecular flexibility index (Phi) is 3.69. The van der Waals surface area contributed by atoms with Crippen LogP contribution in [0, 0.1) is 12.7 Å². The lowest BCUT2D eigenvalue weighted by Crippen LogP contribution is -2.35. The first-order chi connectivity index (χ1) is 11.6. The molecule has 3 heterocycles. The van der Waals surface area contributed by atoms with E-state index in [-0.39, 0.29) is 11.7 Å². The molecular formula is C18H16FN3OS. The largest absolute Gasteiger partial charge is 0.334 e. The molecule has 4 rings (SSSR count). The Morgan fingerprint density at radius 2 is 2.04 bits per heavy atom. The summed E-state index contributed by atoms with van der Waals surface area (Å²) in [6.45, 7) is 3.25. The van der Waals surface area contributed by atoms with E-state index in [2.05, 4.69) is 16.5 Å². The molecule has 122 valence electrons. The number of fused-ring (bicyclic) bond motifs is 1. The number of hydrogen-bond donors (Lipinski definition) is 0. The second-order valence-corrected chi connectivity index (χ2v) is 6.88. The number of hydrogen-bond acceptors (Lipinski definition) is 3. The molecule has 0 atom stereocenters. The van der Waals surface area contributed by atoms with E-state index < -0.39 is 0 Å². The van der Waals surface area contributed by atoms with Gasteiger partial charge in [-0.3, -0.25) is 4.79 Å². The van der Waals surface area contributed by atoms with Crippen LogP contribution in [0.4, 0.5) is 4.39 Å². The van der Waals surface area contributed by atoms with Crippen molar-refractivity contribution in [2.75, 3.05) is 6.54 Å². The van der Waals surface area contributed by atoms with Crippen molar-refractivity contribution in [2.45, 2.75) is 19.9 Å². The smallest absolute Gasteiger partial charge is 0.257 e. The number of aromatic nitrogens is 2. The lowest BCUT2D eigenvalue weighted by Gasteiger charge is -2.26. The van der Waals surface area contributed by atoms with Crippen molar-refractivity contribution < 1.29 is 9.18 Å². The van der Waals surface area contributed by atoms with Crippen molar-refractivity contribution in [1.29, 1.82) is 0 Å². The molecule has 3 aromatic rings. The van der Waals surface area contributed by atoms with Crippen LogP contribution in [0.3, 0.4) is 0 Å². The van der Waals surface area contributed by atoms with E-state index >= 15 is 0 Å². The van der Waals surface area contributed by atoms with Crippen LogP contribution in [0.2, 0.25) is 0 Å². The van der Waals surface area contributed by atoms with Crippen LogP contribution in [-0.2, 0) is 13.0 Å². The summed E-state index contributed by atoms with van der Waals surface area (Å²) < 4.78 is 14.8. The molecule has 0 aliphatic carbocycles. The molecule has 0 spiro atoms. The zero-order valence-electron chi connectivity index (χ0n) is 13.2. The van der Waals surface area contributed by atoms with E-state index in [1.54, 1.807) is 34.3 Å². The van der Waals surface area contributed by atoms with Gasteiger partial charge < -0.3 is 4.90 Å². The maximum absolute atomic E-state index is 13.1. The lowest BCUT2D eigenvalue weighted by molar-refractivity contribution is 0.0735. The average molecular weight is 341 g/mol. The summed E-state index contributed by atoms with van der Waals surface area (Å²) in [4.78, 5) is 16.1. The highest BCUT2D eigenvalue weighted by atomic mass is 32.1. The van der Waals surface area contributed by atoms with E-state index in [0.717, 1.165) is 24.3 Å². The van der Waals surface area contributed by atoms with Crippen molar-refractivity contribution in [1.82, 2.24) is 14.7 Å². The minimum atomic E-state index is -0.292. The SMILES string of the molecule is Cc1c(C(=O)N2CCc3sccc3C2)cnn1-c1ccc(F)cc1. The third-order valence-electron chi connectivity index (χ3n) is 4.41. The Labute approximate surface area is 143 Å². The normalized spacial score (nSPS) is 13.8. The van der Waals surface area contributed by atoms with E-state index in [1.165, 1.54) is 22.6 Å². The van der Waals surface area contributed by atoms with Crippen LogP contribution in [0.1, 0.15) is 26.5 Å². The van der Waals surface area contributed by atoms with Gasteiger partial charge in [0.1, 0.15) is 5.82 Å². The van der Waals surface area contributed by atoms with Crippen LogP contribution >= 0.6 is 11.3 Å². The molecule has 24 heavy (non-hydrogen) atoms. The summed E-state index contributed by atoms with van der Waals surface area (Å²) in [5, 5.41) is 6.39. The molecule has 0 fully saturated rings. The maximum Gasteiger partial charge on any atom is 0.257 e. The van der Waals surface area contributed by atoms with Gasteiger partial charge in [0.25, 0.3) is 5.91 Å². The highest BCUT2D eigenvalue weighted by Crippen LogP contribution is 2.26. The fourth-order valence-corrected chi connectivity index (χ4v) is 3.94. The molecule has 1 amide bonds. The fourth-order valence-electron chi connectivity index (χ4n) is 3.05. The van der Waals surface area contributed by atoms with Crippen LogP contribution < -0.4 is 0 Å². The topological polar surface area (TPSA) is 38.1 Å².